The molecule has 0 saturated carbocycles. The van der Waals surface area contributed by atoms with Gasteiger partial charge in [-0.05, 0) is 32.7 Å². The van der Waals surface area contributed by atoms with Crippen molar-refractivity contribution in [1.82, 2.24) is 15.3 Å². The van der Waals surface area contributed by atoms with Gasteiger partial charge >= 0.3 is 0 Å². The number of hydrogen-bond donors (Lipinski definition) is 1. The highest BCUT2D eigenvalue weighted by atomic mass is 16.5. The van der Waals surface area contributed by atoms with Crippen molar-refractivity contribution in [2.24, 2.45) is 0 Å². The van der Waals surface area contributed by atoms with Gasteiger partial charge in [0.05, 0.1) is 38.7 Å². The van der Waals surface area contributed by atoms with Gasteiger partial charge in [-0.15, -0.1) is 0 Å². The Kier molecular flexibility index (Phi) is 5.76. The molecule has 3 atom stereocenters. The zero-order valence-electron chi connectivity index (χ0n) is 13.3. The van der Waals surface area contributed by atoms with E-state index in [0.29, 0.717) is 11.8 Å². The van der Waals surface area contributed by atoms with Crippen LogP contribution in [0.15, 0.2) is 6.20 Å². The van der Waals surface area contributed by atoms with E-state index in [-0.39, 0.29) is 18.2 Å². The lowest BCUT2D eigenvalue weighted by atomic mass is 10.0. The summed E-state index contributed by atoms with van der Waals surface area (Å²) in [5.41, 5.74) is 0.783. The van der Waals surface area contributed by atoms with Gasteiger partial charge < -0.3 is 19.5 Å². The van der Waals surface area contributed by atoms with Crippen molar-refractivity contribution in [3.63, 3.8) is 0 Å². The first kappa shape index (κ1) is 16.0. The van der Waals surface area contributed by atoms with E-state index in [9.17, 15) is 0 Å². The third-order valence-corrected chi connectivity index (χ3v) is 3.69. The van der Waals surface area contributed by atoms with Gasteiger partial charge in [-0.3, -0.25) is 0 Å². The molecular formula is C15H25N3O3. The maximum absolute atomic E-state index is 6.01. The first-order valence-electron chi connectivity index (χ1n) is 7.53. The average Bonchev–Trinajstić information content (AvgIpc) is 2.94. The van der Waals surface area contributed by atoms with Crippen molar-refractivity contribution >= 4 is 0 Å². The highest BCUT2D eigenvalue weighted by molar-refractivity contribution is 5.27. The number of rotatable bonds is 7. The average molecular weight is 295 g/mol. The van der Waals surface area contributed by atoms with E-state index in [1.807, 2.05) is 0 Å². The summed E-state index contributed by atoms with van der Waals surface area (Å²) < 4.78 is 16.5. The Morgan fingerprint density at radius 3 is 2.76 bits per heavy atom. The quantitative estimate of drug-likeness (QED) is 0.831. The van der Waals surface area contributed by atoms with Gasteiger partial charge in [0.15, 0.2) is 0 Å². The summed E-state index contributed by atoms with van der Waals surface area (Å²) in [4.78, 5) is 8.81. The summed E-state index contributed by atoms with van der Waals surface area (Å²) in [6, 6.07) is -0.0109. The number of nitrogens with zero attached hydrogens (tertiary/aromatic N) is 2. The molecule has 118 valence electrons. The molecule has 3 unspecified atom stereocenters. The lowest BCUT2D eigenvalue weighted by Crippen LogP contribution is -2.34. The van der Waals surface area contributed by atoms with E-state index in [4.69, 9.17) is 14.2 Å². The highest BCUT2D eigenvalue weighted by Crippen LogP contribution is 2.33. The van der Waals surface area contributed by atoms with Crippen LogP contribution < -0.4 is 14.8 Å². The second kappa shape index (κ2) is 7.56. The first-order chi connectivity index (χ1) is 10.2. The largest absolute Gasteiger partial charge is 0.480 e. The maximum atomic E-state index is 6.01. The number of methoxy groups -OCH3 is 2. The van der Waals surface area contributed by atoms with Gasteiger partial charge in [0.25, 0.3) is 0 Å². The fraction of sp³-hybridized carbons (Fsp3) is 0.733. The number of ether oxygens (including phenoxy) is 3. The smallest absolute Gasteiger partial charge is 0.240 e. The third kappa shape index (κ3) is 3.83. The van der Waals surface area contributed by atoms with Crippen LogP contribution in [0.4, 0.5) is 0 Å². The van der Waals surface area contributed by atoms with E-state index in [2.05, 4.69) is 29.1 Å². The van der Waals surface area contributed by atoms with Crippen LogP contribution in [-0.2, 0) is 4.74 Å². The summed E-state index contributed by atoms with van der Waals surface area (Å²) in [6.45, 7) is 5.14. The van der Waals surface area contributed by atoms with E-state index in [1.54, 1.807) is 20.4 Å². The second-order valence-electron chi connectivity index (χ2n) is 5.30. The molecule has 1 N–H and O–H groups in total. The van der Waals surface area contributed by atoms with E-state index in [1.165, 1.54) is 0 Å². The third-order valence-electron chi connectivity index (χ3n) is 3.69. The van der Waals surface area contributed by atoms with Crippen LogP contribution in [0.2, 0.25) is 0 Å². The zero-order valence-corrected chi connectivity index (χ0v) is 13.3. The molecule has 0 spiro atoms. The molecule has 0 aliphatic carbocycles. The minimum atomic E-state index is -0.0109. The van der Waals surface area contributed by atoms with Crippen LogP contribution in [0.25, 0.3) is 0 Å². The lowest BCUT2D eigenvalue weighted by molar-refractivity contribution is 0.0299. The molecule has 1 aromatic rings. The van der Waals surface area contributed by atoms with Gasteiger partial charge in [0.1, 0.15) is 5.69 Å². The van der Waals surface area contributed by atoms with Crippen LogP contribution in [0.1, 0.15) is 44.8 Å². The maximum Gasteiger partial charge on any atom is 0.240 e. The highest BCUT2D eigenvalue weighted by Gasteiger charge is 2.33. The standard InChI is InChI=1S/C15H25N3O3/c1-5-8-16-13(11-7-6-10(2)21-11)14-15(20-4)18-12(19-3)9-17-14/h9-11,13,16H,5-8H2,1-4H3. The van der Waals surface area contributed by atoms with Gasteiger partial charge in [0, 0.05) is 0 Å². The SMILES string of the molecule is CCCNC(c1ncc(OC)nc1OC)C1CCC(C)O1. The van der Waals surface area contributed by atoms with Crippen molar-refractivity contribution in [2.45, 2.75) is 51.4 Å². The summed E-state index contributed by atoms with van der Waals surface area (Å²) in [5.74, 6) is 0.941. The summed E-state index contributed by atoms with van der Waals surface area (Å²) in [5, 5.41) is 3.51. The van der Waals surface area contributed by atoms with Crippen molar-refractivity contribution < 1.29 is 14.2 Å². The molecule has 1 saturated heterocycles. The first-order valence-corrected chi connectivity index (χ1v) is 7.53. The summed E-state index contributed by atoms with van der Waals surface area (Å²) in [7, 11) is 3.17. The van der Waals surface area contributed by atoms with E-state index < -0.39 is 0 Å². The molecule has 0 bridgehead atoms. The van der Waals surface area contributed by atoms with Crippen molar-refractivity contribution in [3.05, 3.63) is 11.9 Å². The van der Waals surface area contributed by atoms with Crippen molar-refractivity contribution in [1.29, 1.82) is 0 Å². The Labute approximate surface area is 126 Å². The minimum Gasteiger partial charge on any atom is -0.480 e. The predicted octanol–water partition coefficient (Wildman–Crippen LogP) is 2.10. The van der Waals surface area contributed by atoms with Crippen LogP contribution in [0, 0.1) is 0 Å². The Bertz CT molecular complexity index is 456. The summed E-state index contributed by atoms with van der Waals surface area (Å²) >= 11 is 0. The normalized spacial score (nSPS) is 23.0. The minimum absolute atomic E-state index is 0.0109. The van der Waals surface area contributed by atoms with E-state index in [0.717, 1.165) is 31.5 Å². The van der Waals surface area contributed by atoms with E-state index >= 15 is 0 Å². The molecule has 1 aliphatic rings. The number of nitrogens with one attached hydrogen (secondary N) is 1. The molecule has 1 fully saturated rings. The van der Waals surface area contributed by atoms with Gasteiger partial charge in [-0.1, -0.05) is 6.92 Å². The van der Waals surface area contributed by atoms with Crippen molar-refractivity contribution in [2.75, 3.05) is 20.8 Å². The zero-order chi connectivity index (χ0) is 15.2. The van der Waals surface area contributed by atoms with Gasteiger partial charge in [0.2, 0.25) is 11.8 Å². The molecule has 1 aliphatic heterocycles. The molecular weight excluding hydrogens is 270 g/mol. The fourth-order valence-electron chi connectivity index (χ4n) is 2.61. The molecule has 2 rings (SSSR count). The van der Waals surface area contributed by atoms with Crippen molar-refractivity contribution in [3.8, 4) is 11.8 Å². The van der Waals surface area contributed by atoms with Gasteiger partial charge in [-0.25, -0.2) is 4.98 Å². The Hall–Kier alpha value is -1.40. The molecule has 0 aromatic carbocycles. The van der Waals surface area contributed by atoms with Crippen LogP contribution in [0.3, 0.4) is 0 Å². The molecule has 21 heavy (non-hydrogen) atoms. The fourth-order valence-corrected chi connectivity index (χ4v) is 2.61. The Morgan fingerprint density at radius 1 is 1.38 bits per heavy atom. The number of hydrogen-bond acceptors (Lipinski definition) is 6. The van der Waals surface area contributed by atoms with Crippen LogP contribution >= 0.6 is 0 Å². The Morgan fingerprint density at radius 2 is 2.19 bits per heavy atom. The molecule has 6 nitrogen and oxygen atoms in total. The molecule has 1 aromatic heterocycles. The monoisotopic (exact) mass is 295 g/mol. The topological polar surface area (TPSA) is 65.5 Å². The lowest BCUT2D eigenvalue weighted by Gasteiger charge is -2.25. The molecule has 2 heterocycles. The predicted molar refractivity (Wildman–Crippen MR) is 79.7 cm³/mol. The van der Waals surface area contributed by atoms with Crippen LogP contribution in [0.5, 0.6) is 11.8 Å². The number of aromatic nitrogens is 2. The van der Waals surface area contributed by atoms with Crippen LogP contribution in [-0.4, -0.2) is 42.9 Å². The molecule has 6 heteroatoms. The molecule has 0 radical (unpaired) electrons. The second-order valence-corrected chi connectivity index (χ2v) is 5.30. The summed E-state index contributed by atoms with van der Waals surface area (Å²) in [6.07, 6.45) is 5.14. The Balaban J connectivity index is 2.26. The van der Waals surface area contributed by atoms with Gasteiger partial charge in [-0.2, -0.15) is 4.98 Å². The molecule has 0 amide bonds.